The summed E-state index contributed by atoms with van der Waals surface area (Å²) >= 11 is 1.43. The van der Waals surface area contributed by atoms with E-state index >= 15 is 0 Å². The van der Waals surface area contributed by atoms with Crippen molar-refractivity contribution in [1.82, 2.24) is 4.72 Å². The molecule has 1 aliphatic heterocycles. The minimum atomic E-state index is -3.54. The number of anilines is 1. The predicted molar refractivity (Wildman–Crippen MR) is 87.6 cm³/mol. The van der Waals surface area contributed by atoms with Crippen LogP contribution in [0.5, 0.6) is 0 Å². The number of hydrogen-bond acceptors (Lipinski definition) is 4. The Hall–Kier alpha value is -1.05. The van der Waals surface area contributed by atoms with E-state index < -0.39 is 10.0 Å². The number of carbonyl (C=O) groups is 1. The smallest absolute Gasteiger partial charge is 0.240 e. The second kappa shape index (κ2) is 6.60. The third kappa shape index (κ3) is 3.64. The van der Waals surface area contributed by atoms with Crippen LogP contribution in [0.25, 0.3) is 0 Å². The van der Waals surface area contributed by atoms with Gasteiger partial charge in [-0.2, -0.15) is 0 Å². The number of fused-ring (bicyclic) bond motifs is 1. The first-order valence-corrected chi connectivity index (χ1v) is 10.1. The van der Waals surface area contributed by atoms with Crippen molar-refractivity contribution in [2.24, 2.45) is 0 Å². The monoisotopic (exact) mass is 340 g/mol. The number of benzene rings is 1. The molecule has 3 rings (SSSR count). The van der Waals surface area contributed by atoms with E-state index in [1.807, 2.05) is 0 Å². The summed E-state index contributed by atoms with van der Waals surface area (Å²) in [5.41, 5.74) is 0.588. The molecule has 1 aromatic carbocycles. The molecule has 1 heterocycles. The predicted octanol–water partition coefficient (Wildman–Crippen LogP) is 2.73. The van der Waals surface area contributed by atoms with Crippen molar-refractivity contribution in [2.45, 2.75) is 54.4 Å². The van der Waals surface area contributed by atoms with Crippen LogP contribution >= 0.6 is 11.8 Å². The molecule has 1 saturated carbocycles. The molecule has 120 valence electrons. The highest BCUT2D eigenvalue weighted by Gasteiger charge is 2.23. The Morgan fingerprint density at radius 2 is 1.86 bits per heavy atom. The minimum absolute atomic E-state index is 0.0208. The van der Waals surface area contributed by atoms with Gasteiger partial charge in [0.1, 0.15) is 0 Å². The van der Waals surface area contributed by atoms with Gasteiger partial charge >= 0.3 is 0 Å². The molecule has 0 unspecified atom stereocenters. The molecule has 5 nitrogen and oxygen atoms in total. The summed E-state index contributed by atoms with van der Waals surface area (Å²) in [5.74, 6) is 0.281. The number of nitrogens with one attached hydrogen (secondary N) is 2. The third-order valence-corrected chi connectivity index (χ3v) is 6.66. The number of thioether (sulfide) groups is 1. The third-order valence-electron chi connectivity index (χ3n) is 4.07. The summed E-state index contributed by atoms with van der Waals surface area (Å²) in [6.07, 6.45) is 6.31. The van der Waals surface area contributed by atoms with Gasteiger partial charge < -0.3 is 5.32 Å². The highest BCUT2D eigenvalue weighted by molar-refractivity contribution is 8.00. The first-order chi connectivity index (χ1) is 10.5. The maximum Gasteiger partial charge on any atom is 0.240 e. The van der Waals surface area contributed by atoms with Crippen LogP contribution < -0.4 is 10.0 Å². The summed E-state index contributed by atoms with van der Waals surface area (Å²) in [4.78, 5) is 12.6. The normalized spacial score (nSPS) is 20.1. The number of rotatable bonds is 3. The molecule has 0 spiro atoms. The van der Waals surface area contributed by atoms with Gasteiger partial charge in [-0.1, -0.05) is 25.7 Å². The molecule has 22 heavy (non-hydrogen) atoms. The lowest BCUT2D eigenvalue weighted by Crippen LogP contribution is -2.34. The number of carbonyl (C=O) groups excluding carboxylic acids is 1. The molecule has 0 saturated heterocycles. The zero-order valence-electron chi connectivity index (χ0n) is 12.3. The van der Waals surface area contributed by atoms with Crippen molar-refractivity contribution in [3.63, 3.8) is 0 Å². The molecule has 1 amide bonds. The van der Waals surface area contributed by atoms with Crippen LogP contribution in [0.2, 0.25) is 0 Å². The topological polar surface area (TPSA) is 75.3 Å². The molecule has 1 aromatic rings. The van der Waals surface area contributed by atoms with E-state index in [9.17, 15) is 13.2 Å². The van der Waals surface area contributed by atoms with Gasteiger partial charge in [-0.25, -0.2) is 13.1 Å². The average molecular weight is 340 g/mol. The number of sulfonamides is 1. The Morgan fingerprint density at radius 1 is 1.14 bits per heavy atom. The van der Waals surface area contributed by atoms with Crippen molar-refractivity contribution in [3.05, 3.63) is 18.2 Å². The van der Waals surface area contributed by atoms with Gasteiger partial charge in [0, 0.05) is 10.9 Å². The maximum atomic E-state index is 12.5. The second-order valence-corrected chi connectivity index (χ2v) is 8.54. The lowest BCUT2D eigenvalue weighted by Gasteiger charge is -2.19. The molecule has 2 N–H and O–H groups in total. The Morgan fingerprint density at radius 3 is 2.59 bits per heavy atom. The van der Waals surface area contributed by atoms with E-state index in [0.29, 0.717) is 11.4 Å². The maximum absolute atomic E-state index is 12.5. The van der Waals surface area contributed by atoms with Crippen LogP contribution in [0.4, 0.5) is 5.69 Å². The Balaban J connectivity index is 1.79. The van der Waals surface area contributed by atoms with E-state index in [1.165, 1.54) is 24.6 Å². The van der Waals surface area contributed by atoms with E-state index in [2.05, 4.69) is 10.0 Å². The quantitative estimate of drug-likeness (QED) is 0.830. The molecule has 1 fully saturated rings. The molecule has 1 aliphatic carbocycles. The first-order valence-electron chi connectivity index (χ1n) is 7.64. The Labute approximate surface area is 135 Å². The molecule has 0 aromatic heterocycles. The van der Waals surface area contributed by atoms with Crippen LogP contribution in [-0.4, -0.2) is 26.1 Å². The number of amides is 1. The molecule has 7 heteroatoms. The summed E-state index contributed by atoms with van der Waals surface area (Å²) in [5, 5.41) is 2.73. The van der Waals surface area contributed by atoms with Crippen LogP contribution in [0.1, 0.15) is 38.5 Å². The van der Waals surface area contributed by atoms with Crippen molar-refractivity contribution in [3.8, 4) is 0 Å². The molecule has 0 bridgehead atoms. The van der Waals surface area contributed by atoms with Crippen LogP contribution in [0.15, 0.2) is 28.0 Å². The van der Waals surface area contributed by atoms with Gasteiger partial charge in [0.2, 0.25) is 15.9 Å². The van der Waals surface area contributed by atoms with E-state index in [-0.39, 0.29) is 16.8 Å². The largest absolute Gasteiger partial charge is 0.324 e. The molecular formula is C15H20N2O3S2. The van der Waals surface area contributed by atoms with Crippen LogP contribution in [0.3, 0.4) is 0 Å². The highest BCUT2D eigenvalue weighted by atomic mass is 32.2. The molecule has 0 atom stereocenters. The van der Waals surface area contributed by atoms with Gasteiger partial charge in [-0.05, 0) is 31.0 Å². The van der Waals surface area contributed by atoms with E-state index in [0.717, 1.165) is 30.6 Å². The SMILES string of the molecule is O=C1CSc2ccc(S(=O)(=O)NC3CCCCCC3)cc2N1. The zero-order chi connectivity index (χ0) is 15.6. The van der Waals surface area contributed by atoms with Crippen molar-refractivity contribution >= 4 is 33.4 Å². The summed E-state index contributed by atoms with van der Waals surface area (Å²) in [6.45, 7) is 0. The summed E-state index contributed by atoms with van der Waals surface area (Å²) in [6, 6.07) is 4.95. The minimum Gasteiger partial charge on any atom is -0.324 e. The fourth-order valence-corrected chi connectivity index (χ4v) is 5.03. The van der Waals surface area contributed by atoms with Gasteiger partial charge in [0.05, 0.1) is 16.3 Å². The van der Waals surface area contributed by atoms with Gasteiger partial charge in [-0.3, -0.25) is 4.79 Å². The fraction of sp³-hybridized carbons (Fsp3) is 0.533. The number of hydrogen-bond donors (Lipinski definition) is 2. The van der Waals surface area contributed by atoms with Crippen molar-refractivity contribution in [1.29, 1.82) is 0 Å². The summed E-state index contributed by atoms with van der Waals surface area (Å²) in [7, 11) is -3.54. The average Bonchev–Trinajstić information content (AvgIpc) is 2.74. The Bertz CT molecular complexity index is 665. The first kappa shape index (κ1) is 15.8. The zero-order valence-corrected chi connectivity index (χ0v) is 13.9. The highest BCUT2D eigenvalue weighted by Crippen LogP contribution is 2.33. The second-order valence-electron chi connectivity index (χ2n) is 5.80. The van der Waals surface area contributed by atoms with E-state index in [4.69, 9.17) is 0 Å². The molecule has 2 aliphatic rings. The molecule has 0 radical (unpaired) electrons. The lowest BCUT2D eigenvalue weighted by atomic mass is 10.1. The van der Waals surface area contributed by atoms with E-state index in [1.54, 1.807) is 18.2 Å². The fourth-order valence-electron chi connectivity index (χ4n) is 2.91. The van der Waals surface area contributed by atoms with Crippen LogP contribution in [0, 0.1) is 0 Å². The lowest BCUT2D eigenvalue weighted by molar-refractivity contribution is -0.113. The van der Waals surface area contributed by atoms with Crippen molar-refractivity contribution in [2.75, 3.05) is 11.1 Å². The molecular weight excluding hydrogens is 320 g/mol. The summed E-state index contributed by atoms with van der Waals surface area (Å²) < 4.78 is 27.9. The Kier molecular flexibility index (Phi) is 4.75. The van der Waals surface area contributed by atoms with Crippen molar-refractivity contribution < 1.29 is 13.2 Å². The van der Waals surface area contributed by atoms with Crippen LogP contribution in [-0.2, 0) is 14.8 Å². The van der Waals surface area contributed by atoms with Gasteiger partial charge in [0.25, 0.3) is 0 Å². The standard InChI is InChI=1S/C15H20N2O3S2/c18-15-10-21-14-8-7-12(9-13(14)16-15)22(19,20)17-11-5-3-1-2-4-6-11/h7-9,11,17H,1-6,10H2,(H,16,18). The van der Waals surface area contributed by atoms with Gasteiger partial charge in [-0.15, -0.1) is 11.8 Å². The van der Waals surface area contributed by atoms with Gasteiger partial charge in [0.15, 0.2) is 0 Å².